The zero-order valence-electron chi connectivity index (χ0n) is 4.79. The minimum Gasteiger partial charge on any atom is -0.494 e. The van der Waals surface area contributed by atoms with Crippen LogP contribution in [0.15, 0.2) is 12.3 Å². The molecule has 1 saturated heterocycles. The summed E-state index contributed by atoms with van der Waals surface area (Å²) in [6.45, 7) is 0.612. The largest absolute Gasteiger partial charge is 0.494 e. The molecule has 0 spiro atoms. The predicted octanol–water partition coefficient (Wildman–Crippen LogP) is 0.905. The van der Waals surface area contributed by atoms with Crippen LogP contribution in [0.4, 0.5) is 0 Å². The minimum atomic E-state index is 0.0324. The SMILES string of the molecule is Cl[C@H]1CO[C@@H]2C=CO[C@H]12. The van der Waals surface area contributed by atoms with Crippen LogP contribution in [0.5, 0.6) is 0 Å². The van der Waals surface area contributed by atoms with Gasteiger partial charge in [0.2, 0.25) is 0 Å². The molecule has 2 nitrogen and oxygen atoms in total. The summed E-state index contributed by atoms with van der Waals surface area (Å²) in [7, 11) is 0. The average molecular weight is 147 g/mol. The van der Waals surface area contributed by atoms with Gasteiger partial charge in [0.05, 0.1) is 18.2 Å². The number of hydrogen-bond acceptors (Lipinski definition) is 2. The normalized spacial score (nSPS) is 47.0. The molecule has 0 aromatic carbocycles. The Hall–Kier alpha value is -0.210. The fourth-order valence-corrected chi connectivity index (χ4v) is 1.42. The van der Waals surface area contributed by atoms with Gasteiger partial charge in [0.1, 0.15) is 12.2 Å². The van der Waals surface area contributed by atoms with Gasteiger partial charge in [-0.25, -0.2) is 0 Å². The van der Waals surface area contributed by atoms with E-state index in [1.807, 2.05) is 6.08 Å². The molecule has 0 aliphatic carbocycles. The van der Waals surface area contributed by atoms with Crippen molar-refractivity contribution >= 4 is 11.6 Å². The van der Waals surface area contributed by atoms with E-state index in [0.717, 1.165) is 0 Å². The third kappa shape index (κ3) is 0.740. The molecule has 0 unspecified atom stereocenters. The molecular formula is C6H7ClO2. The number of halogens is 1. The van der Waals surface area contributed by atoms with Gasteiger partial charge in [0, 0.05) is 0 Å². The molecule has 0 N–H and O–H groups in total. The Morgan fingerprint density at radius 2 is 2.44 bits per heavy atom. The van der Waals surface area contributed by atoms with Gasteiger partial charge in [0.15, 0.2) is 0 Å². The van der Waals surface area contributed by atoms with Crippen LogP contribution >= 0.6 is 11.6 Å². The first-order valence-corrected chi connectivity index (χ1v) is 3.39. The van der Waals surface area contributed by atoms with E-state index in [4.69, 9.17) is 21.1 Å². The first-order valence-electron chi connectivity index (χ1n) is 2.96. The third-order valence-corrected chi connectivity index (χ3v) is 2.01. The van der Waals surface area contributed by atoms with Crippen LogP contribution < -0.4 is 0 Å². The summed E-state index contributed by atoms with van der Waals surface area (Å²) in [5, 5.41) is 0.0324. The molecule has 50 valence electrons. The molecule has 2 aliphatic rings. The van der Waals surface area contributed by atoms with Crippen molar-refractivity contribution in [1.82, 2.24) is 0 Å². The van der Waals surface area contributed by atoms with Gasteiger partial charge in [-0.2, -0.15) is 0 Å². The number of hydrogen-bond donors (Lipinski definition) is 0. The van der Waals surface area contributed by atoms with E-state index in [2.05, 4.69) is 0 Å². The van der Waals surface area contributed by atoms with E-state index >= 15 is 0 Å². The molecule has 0 radical (unpaired) electrons. The third-order valence-electron chi connectivity index (χ3n) is 1.63. The zero-order valence-corrected chi connectivity index (χ0v) is 5.54. The molecule has 0 aromatic heterocycles. The minimum absolute atomic E-state index is 0.0324. The van der Waals surface area contributed by atoms with Gasteiger partial charge in [-0.15, -0.1) is 11.6 Å². The second-order valence-electron chi connectivity index (χ2n) is 2.24. The molecule has 9 heavy (non-hydrogen) atoms. The summed E-state index contributed by atoms with van der Waals surface area (Å²) in [5.41, 5.74) is 0. The van der Waals surface area contributed by atoms with Crippen LogP contribution in [0.25, 0.3) is 0 Å². The van der Waals surface area contributed by atoms with Crippen molar-refractivity contribution in [3.8, 4) is 0 Å². The Kier molecular flexibility index (Phi) is 1.17. The standard InChI is InChI=1S/C6H7ClO2/c7-4-3-9-5-1-2-8-6(4)5/h1-2,4-6H,3H2/t4-,5+,6+/m0/s1. The van der Waals surface area contributed by atoms with Gasteiger partial charge in [-0.3, -0.25) is 0 Å². The van der Waals surface area contributed by atoms with Gasteiger partial charge >= 0.3 is 0 Å². The maximum Gasteiger partial charge on any atom is 0.146 e. The first kappa shape index (κ1) is 5.57. The van der Waals surface area contributed by atoms with Crippen LogP contribution in [0.2, 0.25) is 0 Å². The lowest BCUT2D eigenvalue weighted by atomic mass is 10.2. The first-order chi connectivity index (χ1) is 4.38. The van der Waals surface area contributed by atoms with Crippen LogP contribution in [0.3, 0.4) is 0 Å². The highest BCUT2D eigenvalue weighted by Gasteiger charge is 2.38. The Bertz CT molecular complexity index is 146. The summed E-state index contributed by atoms with van der Waals surface area (Å²) < 4.78 is 10.4. The van der Waals surface area contributed by atoms with Crippen LogP contribution in [-0.2, 0) is 9.47 Å². The highest BCUT2D eigenvalue weighted by atomic mass is 35.5. The van der Waals surface area contributed by atoms with Crippen molar-refractivity contribution in [3.63, 3.8) is 0 Å². The number of fused-ring (bicyclic) bond motifs is 1. The Balaban J connectivity index is 2.13. The number of rotatable bonds is 0. The number of ether oxygens (including phenoxy) is 2. The summed E-state index contributed by atoms with van der Waals surface area (Å²) in [6.07, 6.45) is 3.75. The Morgan fingerprint density at radius 3 is 3.22 bits per heavy atom. The number of alkyl halides is 1. The lowest BCUT2D eigenvalue weighted by Gasteiger charge is -2.08. The van der Waals surface area contributed by atoms with Crippen molar-refractivity contribution in [1.29, 1.82) is 0 Å². The van der Waals surface area contributed by atoms with Gasteiger partial charge in [-0.1, -0.05) is 0 Å². The van der Waals surface area contributed by atoms with Crippen LogP contribution in [0.1, 0.15) is 0 Å². The summed E-state index contributed by atoms with van der Waals surface area (Å²) >= 11 is 5.82. The van der Waals surface area contributed by atoms with Gasteiger partial charge in [0.25, 0.3) is 0 Å². The molecule has 3 heteroatoms. The van der Waals surface area contributed by atoms with Crippen molar-refractivity contribution in [2.45, 2.75) is 17.6 Å². The Labute approximate surface area is 58.4 Å². The summed E-state index contributed by atoms with van der Waals surface area (Å²) in [5.74, 6) is 0. The molecule has 0 saturated carbocycles. The van der Waals surface area contributed by atoms with E-state index < -0.39 is 0 Å². The van der Waals surface area contributed by atoms with Gasteiger partial charge in [-0.05, 0) is 6.08 Å². The van der Waals surface area contributed by atoms with E-state index in [1.165, 1.54) is 0 Å². The molecule has 2 rings (SSSR count). The molecular weight excluding hydrogens is 140 g/mol. The molecule has 3 atom stereocenters. The van der Waals surface area contributed by atoms with Crippen molar-refractivity contribution in [2.75, 3.05) is 6.61 Å². The maximum absolute atomic E-state index is 5.82. The summed E-state index contributed by atoms with van der Waals surface area (Å²) in [4.78, 5) is 0. The van der Waals surface area contributed by atoms with E-state index in [9.17, 15) is 0 Å². The molecule has 2 aliphatic heterocycles. The van der Waals surface area contributed by atoms with E-state index in [-0.39, 0.29) is 17.6 Å². The fraction of sp³-hybridized carbons (Fsp3) is 0.667. The lowest BCUT2D eigenvalue weighted by molar-refractivity contribution is 0.0905. The molecule has 0 amide bonds. The van der Waals surface area contributed by atoms with Gasteiger partial charge < -0.3 is 9.47 Å². The summed E-state index contributed by atoms with van der Waals surface area (Å²) in [6, 6.07) is 0. The molecule has 0 bridgehead atoms. The quantitative estimate of drug-likeness (QED) is 0.473. The highest BCUT2D eigenvalue weighted by molar-refractivity contribution is 6.21. The molecule has 1 fully saturated rings. The second kappa shape index (κ2) is 1.89. The zero-order chi connectivity index (χ0) is 6.27. The van der Waals surface area contributed by atoms with Crippen molar-refractivity contribution in [3.05, 3.63) is 12.3 Å². The van der Waals surface area contributed by atoms with E-state index in [1.54, 1.807) is 6.26 Å². The topological polar surface area (TPSA) is 18.5 Å². The highest BCUT2D eigenvalue weighted by Crippen LogP contribution is 2.27. The second-order valence-corrected chi connectivity index (χ2v) is 2.80. The smallest absolute Gasteiger partial charge is 0.146 e. The molecule has 0 aromatic rings. The Morgan fingerprint density at radius 1 is 1.56 bits per heavy atom. The lowest BCUT2D eigenvalue weighted by Crippen LogP contribution is -2.22. The maximum atomic E-state index is 5.82. The van der Waals surface area contributed by atoms with Crippen molar-refractivity contribution in [2.24, 2.45) is 0 Å². The predicted molar refractivity (Wildman–Crippen MR) is 33.4 cm³/mol. The van der Waals surface area contributed by atoms with Crippen molar-refractivity contribution < 1.29 is 9.47 Å². The fourth-order valence-electron chi connectivity index (χ4n) is 1.14. The monoisotopic (exact) mass is 146 g/mol. The molecule has 2 heterocycles. The van der Waals surface area contributed by atoms with Crippen LogP contribution in [-0.4, -0.2) is 24.2 Å². The van der Waals surface area contributed by atoms with Crippen LogP contribution in [0, 0.1) is 0 Å². The average Bonchev–Trinajstić information content (AvgIpc) is 2.35. The van der Waals surface area contributed by atoms with E-state index in [0.29, 0.717) is 6.61 Å².